The Kier molecular flexibility index (Phi) is 3.40. The summed E-state index contributed by atoms with van der Waals surface area (Å²) in [5.74, 6) is 0. The zero-order valence-corrected chi connectivity index (χ0v) is 8.88. The van der Waals surface area contributed by atoms with E-state index in [0.717, 1.165) is 0 Å². The second-order valence-electron chi connectivity index (χ2n) is 4.36. The molecule has 0 aliphatic carbocycles. The summed E-state index contributed by atoms with van der Waals surface area (Å²) >= 11 is 0. The van der Waals surface area contributed by atoms with Crippen molar-refractivity contribution in [2.75, 3.05) is 13.2 Å². The fourth-order valence-corrected chi connectivity index (χ4v) is 2.19. The molecule has 8 heteroatoms. The van der Waals surface area contributed by atoms with Crippen LogP contribution in [0, 0.1) is 0 Å². The molecule has 17 heavy (non-hydrogen) atoms. The first-order valence-corrected chi connectivity index (χ1v) is 5.25. The van der Waals surface area contributed by atoms with Gasteiger partial charge in [-0.1, -0.05) is 0 Å². The van der Waals surface area contributed by atoms with Gasteiger partial charge in [0.05, 0.1) is 13.2 Å². The maximum Gasteiger partial charge on any atom is 0.192 e. The Morgan fingerprint density at radius 3 is 2.35 bits per heavy atom. The van der Waals surface area contributed by atoms with Crippen molar-refractivity contribution in [1.82, 2.24) is 0 Å². The van der Waals surface area contributed by atoms with Crippen molar-refractivity contribution in [2.45, 2.75) is 42.4 Å². The second-order valence-corrected chi connectivity index (χ2v) is 4.36. The minimum atomic E-state index is -2.33. The fourth-order valence-electron chi connectivity index (χ4n) is 2.19. The average molecular weight is 252 g/mol. The van der Waals surface area contributed by atoms with Crippen molar-refractivity contribution in [3.05, 3.63) is 0 Å². The zero-order valence-electron chi connectivity index (χ0n) is 8.88. The molecule has 0 aromatic carbocycles. The molecule has 100 valence electrons. The Labute approximate surface area is 96.6 Å². The van der Waals surface area contributed by atoms with Crippen LogP contribution < -0.4 is 0 Å². The van der Waals surface area contributed by atoms with Crippen molar-refractivity contribution in [3.63, 3.8) is 0 Å². The van der Waals surface area contributed by atoms with Gasteiger partial charge in [0.2, 0.25) is 0 Å². The molecule has 2 saturated heterocycles. The van der Waals surface area contributed by atoms with Gasteiger partial charge in [0.15, 0.2) is 11.9 Å². The SMILES string of the molecule is OC[C@H]1O[C@H]2OC[C@@H](O)[C@H](O)[C@]2(O)[C@@H](O)[C@@H]1O. The van der Waals surface area contributed by atoms with Crippen molar-refractivity contribution < 1.29 is 40.1 Å². The standard InChI is InChI=1S/C9H16O8/c10-1-4-5(12)7(14)9(15)6(13)3(11)2-16-8(9)17-4/h3-8,10-15H,1-2H2/t3-,4-,5-,6+,7+,8-,9+/m1/s1. The van der Waals surface area contributed by atoms with E-state index in [-0.39, 0.29) is 6.61 Å². The van der Waals surface area contributed by atoms with Gasteiger partial charge < -0.3 is 40.1 Å². The molecule has 7 atom stereocenters. The lowest BCUT2D eigenvalue weighted by Crippen LogP contribution is -2.76. The van der Waals surface area contributed by atoms with E-state index in [1.807, 2.05) is 0 Å². The van der Waals surface area contributed by atoms with Gasteiger partial charge in [0, 0.05) is 0 Å². The quantitative estimate of drug-likeness (QED) is 0.277. The molecule has 2 rings (SSSR count). The third-order valence-electron chi connectivity index (χ3n) is 3.29. The Bertz CT molecular complexity index is 282. The summed E-state index contributed by atoms with van der Waals surface area (Å²) in [6, 6.07) is 0. The molecule has 0 aromatic rings. The third kappa shape index (κ3) is 1.77. The maximum atomic E-state index is 10.1. The minimum Gasteiger partial charge on any atom is -0.394 e. The van der Waals surface area contributed by atoms with Gasteiger partial charge in [0.25, 0.3) is 0 Å². The summed E-state index contributed by atoms with van der Waals surface area (Å²) in [6.07, 6.45) is -9.06. The largest absolute Gasteiger partial charge is 0.394 e. The molecule has 8 nitrogen and oxygen atoms in total. The van der Waals surface area contributed by atoms with Crippen LogP contribution in [0.5, 0.6) is 0 Å². The van der Waals surface area contributed by atoms with Crippen LogP contribution in [-0.2, 0) is 9.47 Å². The summed E-state index contributed by atoms with van der Waals surface area (Å²) in [5, 5.41) is 57.5. The summed E-state index contributed by atoms with van der Waals surface area (Å²) in [5.41, 5.74) is -2.33. The van der Waals surface area contributed by atoms with Gasteiger partial charge in [-0.2, -0.15) is 0 Å². The van der Waals surface area contributed by atoms with Crippen LogP contribution in [0.4, 0.5) is 0 Å². The van der Waals surface area contributed by atoms with Crippen LogP contribution in [-0.4, -0.2) is 86.3 Å². The van der Waals surface area contributed by atoms with Crippen LogP contribution >= 0.6 is 0 Å². The number of aliphatic hydroxyl groups is 6. The van der Waals surface area contributed by atoms with Crippen LogP contribution in [0.25, 0.3) is 0 Å². The van der Waals surface area contributed by atoms with Crippen molar-refractivity contribution >= 4 is 0 Å². The van der Waals surface area contributed by atoms with Crippen LogP contribution in [0.1, 0.15) is 0 Å². The highest BCUT2D eigenvalue weighted by molar-refractivity contribution is 5.08. The van der Waals surface area contributed by atoms with E-state index in [2.05, 4.69) is 0 Å². The molecule has 0 amide bonds. The lowest BCUT2D eigenvalue weighted by molar-refractivity contribution is -0.390. The molecule has 0 spiro atoms. The smallest absolute Gasteiger partial charge is 0.192 e. The molecule has 2 heterocycles. The maximum absolute atomic E-state index is 10.1. The van der Waals surface area contributed by atoms with Crippen molar-refractivity contribution in [2.24, 2.45) is 0 Å². The fraction of sp³-hybridized carbons (Fsp3) is 1.00. The van der Waals surface area contributed by atoms with E-state index >= 15 is 0 Å². The van der Waals surface area contributed by atoms with Crippen LogP contribution in [0.15, 0.2) is 0 Å². The Balaban J connectivity index is 2.28. The number of ether oxygens (including phenoxy) is 2. The van der Waals surface area contributed by atoms with E-state index in [0.29, 0.717) is 0 Å². The first kappa shape index (κ1) is 13.1. The van der Waals surface area contributed by atoms with Crippen molar-refractivity contribution in [1.29, 1.82) is 0 Å². The van der Waals surface area contributed by atoms with Gasteiger partial charge in [-0.25, -0.2) is 0 Å². The molecular weight excluding hydrogens is 236 g/mol. The van der Waals surface area contributed by atoms with E-state index in [1.54, 1.807) is 0 Å². The summed E-state index contributed by atoms with van der Waals surface area (Å²) in [6.45, 7) is -0.859. The third-order valence-corrected chi connectivity index (χ3v) is 3.29. The second kappa shape index (κ2) is 4.41. The lowest BCUT2D eigenvalue weighted by atomic mass is 9.79. The first-order chi connectivity index (χ1) is 7.92. The average Bonchev–Trinajstić information content (AvgIpc) is 2.32. The highest BCUT2D eigenvalue weighted by Crippen LogP contribution is 2.37. The van der Waals surface area contributed by atoms with E-state index in [1.165, 1.54) is 0 Å². The molecule has 0 saturated carbocycles. The molecule has 0 bridgehead atoms. The summed E-state index contributed by atoms with van der Waals surface area (Å²) in [7, 11) is 0. The van der Waals surface area contributed by atoms with Crippen LogP contribution in [0.3, 0.4) is 0 Å². The molecule has 6 N–H and O–H groups in total. The molecule has 2 fully saturated rings. The molecule has 2 aliphatic rings. The van der Waals surface area contributed by atoms with E-state index in [4.69, 9.17) is 14.6 Å². The minimum absolute atomic E-state index is 0.283. The lowest BCUT2D eigenvalue weighted by Gasteiger charge is -2.52. The molecular formula is C9H16O8. The van der Waals surface area contributed by atoms with Crippen molar-refractivity contribution in [3.8, 4) is 0 Å². The van der Waals surface area contributed by atoms with Gasteiger partial charge in [0.1, 0.15) is 30.5 Å². The normalized spacial score (nSPS) is 55.4. The van der Waals surface area contributed by atoms with E-state index in [9.17, 15) is 25.5 Å². The monoisotopic (exact) mass is 252 g/mol. The number of hydrogen-bond acceptors (Lipinski definition) is 8. The number of hydrogen-bond donors (Lipinski definition) is 6. The molecule has 0 unspecified atom stereocenters. The van der Waals surface area contributed by atoms with Gasteiger partial charge in [-0.05, 0) is 0 Å². The van der Waals surface area contributed by atoms with E-state index < -0.39 is 49.0 Å². The van der Waals surface area contributed by atoms with Gasteiger partial charge in [-0.15, -0.1) is 0 Å². The number of aliphatic hydroxyl groups excluding tert-OH is 5. The Morgan fingerprint density at radius 2 is 1.76 bits per heavy atom. The highest BCUT2D eigenvalue weighted by atomic mass is 16.7. The predicted octanol–water partition coefficient (Wildman–Crippen LogP) is -4.09. The molecule has 2 aliphatic heterocycles. The Morgan fingerprint density at radius 1 is 1.12 bits per heavy atom. The first-order valence-electron chi connectivity index (χ1n) is 5.25. The summed E-state index contributed by atoms with van der Waals surface area (Å²) < 4.78 is 9.99. The topological polar surface area (TPSA) is 140 Å². The summed E-state index contributed by atoms with van der Waals surface area (Å²) in [4.78, 5) is 0. The molecule has 0 radical (unpaired) electrons. The van der Waals surface area contributed by atoms with Gasteiger partial charge in [-0.3, -0.25) is 0 Å². The zero-order chi connectivity index (χ0) is 12.8. The van der Waals surface area contributed by atoms with Gasteiger partial charge >= 0.3 is 0 Å². The predicted molar refractivity (Wildman–Crippen MR) is 50.7 cm³/mol. The van der Waals surface area contributed by atoms with Crippen LogP contribution in [0.2, 0.25) is 0 Å². The number of rotatable bonds is 1. The number of fused-ring (bicyclic) bond motifs is 1. The molecule has 0 aromatic heterocycles. The Hall–Kier alpha value is -0.320. The highest BCUT2D eigenvalue weighted by Gasteiger charge is 2.62.